The smallest absolute Gasteiger partial charge is 0.387 e. The van der Waals surface area contributed by atoms with Crippen molar-refractivity contribution >= 4 is 11.6 Å². The van der Waals surface area contributed by atoms with Crippen LogP contribution in [-0.4, -0.2) is 26.7 Å². The Morgan fingerprint density at radius 1 is 1.04 bits per heavy atom. The predicted molar refractivity (Wildman–Crippen MR) is 80.6 cm³/mol. The van der Waals surface area contributed by atoms with Gasteiger partial charge in [0.1, 0.15) is 5.75 Å². The highest BCUT2D eigenvalue weighted by molar-refractivity contribution is 6.04. The Morgan fingerprint density at radius 3 is 2.48 bits per heavy atom. The Balaban J connectivity index is 2.20. The Bertz CT molecular complexity index is 692. The van der Waals surface area contributed by atoms with Gasteiger partial charge in [0, 0.05) is 17.3 Å². The number of nitrogens with one attached hydrogen (secondary N) is 1. The van der Waals surface area contributed by atoms with Gasteiger partial charge in [0.2, 0.25) is 0 Å². The number of benzene rings is 2. The maximum absolute atomic E-state index is 12.4. The van der Waals surface area contributed by atoms with Crippen molar-refractivity contribution in [2.45, 2.75) is 6.61 Å². The second-order valence-corrected chi connectivity index (χ2v) is 4.43. The van der Waals surface area contributed by atoms with Gasteiger partial charge in [-0.1, -0.05) is 6.07 Å². The molecule has 0 aliphatic carbocycles. The lowest BCUT2D eigenvalue weighted by Crippen LogP contribution is -2.12. The van der Waals surface area contributed by atoms with Crippen LogP contribution >= 0.6 is 0 Å². The molecule has 0 aliphatic rings. The highest BCUT2D eigenvalue weighted by atomic mass is 19.3. The van der Waals surface area contributed by atoms with E-state index in [-0.39, 0.29) is 11.5 Å². The Kier molecular flexibility index (Phi) is 5.35. The molecule has 0 atom stereocenters. The molecule has 5 nitrogen and oxygen atoms in total. The number of halogens is 2. The van der Waals surface area contributed by atoms with E-state index in [9.17, 15) is 13.6 Å². The highest BCUT2D eigenvalue weighted by Crippen LogP contribution is 2.31. The molecule has 2 rings (SSSR count). The molecule has 0 saturated carbocycles. The molecule has 1 amide bonds. The first-order valence-corrected chi connectivity index (χ1v) is 6.61. The average Bonchev–Trinajstić information content (AvgIpc) is 2.54. The van der Waals surface area contributed by atoms with Gasteiger partial charge in [-0.15, -0.1) is 0 Å². The molecule has 0 fully saturated rings. The lowest BCUT2D eigenvalue weighted by atomic mass is 10.2. The third-order valence-electron chi connectivity index (χ3n) is 2.97. The minimum absolute atomic E-state index is 0.143. The number of carbonyl (C=O) groups excluding carboxylic acids is 1. The summed E-state index contributed by atoms with van der Waals surface area (Å²) in [4.78, 5) is 12.2. The topological polar surface area (TPSA) is 56.8 Å². The maximum Gasteiger partial charge on any atom is 0.387 e. The SMILES string of the molecule is COc1cccc(C(=O)Nc2ccc(OC)c(OC(F)F)c2)c1. The van der Waals surface area contributed by atoms with Crippen molar-refractivity contribution in [3.05, 3.63) is 48.0 Å². The zero-order valence-electron chi connectivity index (χ0n) is 12.5. The summed E-state index contributed by atoms with van der Waals surface area (Å²) in [6.45, 7) is -2.99. The van der Waals surface area contributed by atoms with E-state index in [2.05, 4.69) is 10.1 Å². The van der Waals surface area contributed by atoms with Crippen molar-refractivity contribution < 1.29 is 27.8 Å². The molecule has 0 aliphatic heterocycles. The molecule has 0 spiro atoms. The van der Waals surface area contributed by atoms with E-state index in [1.165, 1.54) is 32.4 Å². The van der Waals surface area contributed by atoms with Gasteiger partial charge in [-0.25, -0.2) is 0 Å². The van der Waals surface area contributed by atoms with Crippen LogP contribution in [-0.2, 0) is 0 Å². The van der Waals surface area contributed by atoms with E-state index in [1.807, 2.05) is 0 Å². The standard InChI is InChI=1S/C16H15F2NO4/c1-21-12-5-3-4-10(8-12)15(20)19-11-6-7-13(22-2)14(9-11)23-16(17)18/h3-9,16H,1-2H3,(H,19,20). The van der Waals surface area contributed by atoms with Gasteiger partial charge in [0.05, 0.1) is 14.2 Å². The summed E-state index contributed by atoms with van der Waals surface area (Å²) in [6.07, 6.45) is 0. The molecular formula is C16H15F2NO4. The number of hydrogen-bond donors (Lipinski definition) is 1. The van der Waals surface area contributed by atoms with Crippen molar-refractivity contribution in [1.29, 1.82) is 0 Å². The molecule has 0 saturated heterocycles. The Hall–Kier alpha value is -2.83. The van der Waals surface area contributed by atoms with Crippen LogP contribution in [0.15, 0.2) is 42.5 Å². The van der Waals surface area contributed by atoms with Gasteiger partial charge in [-0.3, -0.25) is 4.79 Å². The van der Waals surface area contributed by atoms with Crippen molar-refractivity contribution in [2.75, 3.05) is 19.5 Å². The van der Waals surface area contributed by atoms with Crippen LogP contribution in [0.1, 0.15) is 10.4 Å². The van der Waals surface area contributed by atoms with Gasteiger partial charge >= 0.3 is 6.61 Å². The van der Waals surface area contributed by atoms with E-state index >= 15 is 0 Å². The molecule has 1 N–H and O–H groups in total. The van der Waals surface area contributed by atoms with Crippen molar-refractivity contribution in [3.63, 3.8) is 0 Å². The number of methoxy groups -OCH3 is 2. The van der Waals surface area contributed by atoms with Gasteiger partial charge in [-0.05, 0) is 30.3 Å². The number of rotatable bonds is 6. The van der Waals surface area contributed by atoms with Crippen LogP contribution in [0, 0.1) is 0 Å². The monoisotopic (exact) mass is 323 g/mol. The first-order chi connectivity index (χ1) is 11.0. The normalized spacial score (nSPS) is 10.3. The third-order valence-corrected chi connectivity index (χ3v) is 2.97. The van der Waals surface area contributed by atoms with E-state index in [0.717, 1.165) is 0 Å². The zero-order chi connectivity index (χ0) is 16.8. The lowest BCUT2D eigenvalue weighted by Gasteiger charge is -2.12. The second-order valence-electron chi connectivity index (χ2n) is 4.43. The van der Waals surface area contributed by atoms with E-state index < -0.39 is 12.5 Å². The summed E-state index contributed by atoms with van der Waals surface area (Å²) in [5.74, 6) is 0.113. The van der Waals surface area contributed by atoms with Crippen molar-refractivity contribution in [2.24, 2.45) is 0 Å². The van der Waals surface area contributed by atoms with Crippen molar-refractivity contribution in [1.82, 2.24) is 0 Å². The fourth-order valence-corrected chi connectivity index (χ4v) is 1.91. The van der Waals surface area contributed by atoms with Crippen LogP contribution in [0.4, 0.5) is 14.5 Å². The largest absolute Gasteiger partial charge is 0.497 e. The fraction of sp³-hybridized carbons (Fsp3) is 0.188. The molecule has 2 aromatic carbocycles. The molecule has 0 heterocycles. The number of anilines is 1. The number of carbonyl (C=O) groups is 1. The molecule has 0 unspecified atom stereocenters. The van der Waals surface area contributed by atoms with Gasteiger partial charge in [-0.2, -0.15) is 8.78 Å². The minimum Gasteiger partial charge on any atom is -0.497 e. The Morgan fingerprint density at radius 2 is 1.83 bits per heavy atom. The first-order valence-electron chi connectivity index (χ1n) is 6.61. The molecule has 122 valence electrons. The summed E-state index contributed by atoms with van der Waals surface area (Å²) in [7, 11) is 2.83. The van der Waals surface area contributed by atoms with Crippen LogP contribution in [0.2, 0.25) is 0 Å². The van der Waals surface area contributed by atoms with Crippen LogP contribution in [0.25, 0.3) is 0 Å². The highest BCUT2D eigenvalue weighted by Gasteiger charge is 2.13. The Labute approximate surface area is 131 Å². The summed E-state index contributed by atoms with van der Waals surface area (Å²) in [6, 6.07) is 10.8. The minimum atomic E-state index is -2.99. The van der Waals surface area contributed by atoms with E-state index in [1.54, 1.807) is 24.3 Å². The third kappa shape index (κ3) is 4.32. The molecule has 0 aromatic heterocycles. The number of amides is 1. The maximum atomic E-state index is 12.4. The number of alkyl halides is 2. The molecular weight excluding hydrogens is 308 g/mol. The van der Waals surface area contributed by atoms with Crippen molar-refractivity contribution in [3.8, 4) is 17.2 Å². The van der Waals surface area contributed by atoms with Crippen LogP contribution in [0.3, 0.4) is 0 Å². The summed E-state index contributed by atoms with van der Waals surface area (Å²) >= 11 is 0. The molecule has 2 aromatic rings. The fourth-order valence-electron chi connectivity index (χ4n) is 1.91. The van der Waals surface area contributed by atoms with Crippen LogP contribution in [0.5, 0.6) is 17.2 Å². The summed E-state index contributed by atoms with van der Waals surface area (Å²) < 4.78 is 39.2. The molecule has 0 radical (unpaired) electrons. The predicted octanol–water partition coefficient (Wildman–Crippen LogP) is 3.56. The van der Waals surface area contributed by atoms with Gasteiger partial charge in [0.25, 0.3) is 5.91 Å². The van der Waals surface area contributed by atoms with Gasteiger partial charge < -0.3 is 19.5 Å². The average molecular weight is 323 g/mol. The number of ether oxygens (including phenoxy) is 3. The summed E-state index contributed by atoms with van der Waals surface area (Å²) in [5, 5.41) is 2.60. The molecule has 7 heteroatoms. The lowest BCUT2D eigenvalue weighted by molar-refractivity contribution is -0.0511. The summed E-state index contributed by atoms with van der Waals surface area (Å²) in [5.41, 5.74) is 0.672. The molecule has 0 bridgehead atoms. The zero-order valence-corrected chi connectivity index (χ0v) is 12.5. The first kappa shape index (κ1) is 16.5. The second kappa shape index (κ2) is 7.44. The van der Waals surface area contributed by atoms with E-state index in [4.69, 9.17) is 9.47 Å². The number of hydrogen-bond acceptors (Lipinski definition) is 4. The quantitative estimate of drug-likeness (QED) is 0.883. The molecule has 23 heavy (non-hydrogen) atoms. The van der Waals surface area contributed by atoms with E-state index in [0.29, 0.717) is 17.0 Å². The van der Waals surface area contributed by atoms with Crippen LogP contribution < -0.4 is 19.5 Å². The van der Waals surface area contributed by atoms with Gasteiger partial charge in [0.15, 0.2) is 11.5 Å².